The molecule has 0 aliphatic carbocycles. The minimum atomic E-state index is 0.248. The highest BCUT2D eigenvalue weighted by molar-refractivity contribution is 9.10. The van der Waals surface area contributed by atoms with Gasteiger partial charge in [0.25, 0.3) is 0 Å². The quantitative estimate of drug-likeness (QED) is 0.410. The van der Waals surface area contributed by atoms with Gasteiger partial charge in [0.15, 0.2) is 0 Å². The summed E-state index contributed by atoms with van der Waals surface area (Å²) in [5.41, 5.74) is 2.70. The Kier molecular flexibility index (Phi) is 4.02. The molecular weight excluding hydrogens is 396 g/mol. The minimum Gasteiger partial charge on any atom is -0.144 e. The third-order valence-electron chi connectivity index (χ3n) is 3.61. The third kappa shape index (κ3) is 2.47. The lowest BCUT2D eigenvalue weighted by Crippen LogP contribution is -1.92. The number of rotatable bonds is 2. The first-order chi connectivity index (χ1) is 9.58. The van der Waals surface area contributed by atoms with Crippen LogP contribution in [-0.2, 0) is 0 Å². The molecule has 0 fully saturated rings. The van der Waals surface area contributed by atoms with Gasteiger partial charge in [-0.05, 0) is 47.9 Å². The SMILES string of the molecule is Cc1cc(C(Br)c2ccc(Br)c3ccccc23)sc1C. The van der Waals surface area contributed by atoms with E-state index in [1.807, 2.05) is 11.3 Å². The first-order valence-corrected chi connectivity index (χ1v) is 8.98. The summed E-state index contributed by atoms with van der Waals surface area (Å²) in [4.78, 5) is 3.01. The summed E-state index contributed by atoms with van der Waals surface area (Å²) in [6.07, 6.45) is 0. The second-order valence-corrected chi connectivity index (χ2v) is 7.99. The third-order valence-corrected chi connectivity index (χ3v) is 6.81. The highest BCUT2D eigenvalue weighted by Crippen LogP contribution is 2.40. The Morgan fingerprint density at radius 3 is 2.35 bits per heavy atom. The van der Waals surface area contributed by atoms with Crippen molar-refractivity contribution in [1.82, 2.24) is 0 Å². The number of aryl methyl sites for hydroxylation is 2. The van der Waals surface area contributed by atoms with E-state index >= 15 is 0 Å². The summed E-state index contributed by atoms with van der Waals surface area (Å²) in [5.74, 6) is 0. The van der Waals surface area contributed by atoms with E-state index in [0.717, 1.165) is 4.47 Å². The van der Waals surface area contributed by atoms with Gasteiger partial charge >= 0.3 is 0 Å². The predicted molar refractivity (Wildman–Crippen MR) is 96.2 cm³/mol. The molecule has 0 aliphatic rings. The Morgan fingerprint density at radius 2 is 1.70 bits per heavy atom. The van der Waals surface area contributed by atoms with Crippen LogP contribution in [0.5, 0.6) is 0 Å². The van der Waals surface area contributed by atoms with Crippen molar-refractivity contribution in [2.24, 2.45) is 0 Å². The number of benzene rings is 2. The molecule has 0 nitrogen and oxygen atoms in total. The second-order valence-electron chi connectivity index (χ2n) is 4.93. The molecule has 1 aromatic heterocycles. The molecule has 3 heteroatoms. The second kappa shape index (κ2) is 5.63. The number of hydrogen-bond acceptors (Lipinski definition) is 1. The van der Waals surface area contributed by atoms with Crippen LogP contribution in [0, 0.1) is 13.8 Å². The van der Waals surface area contributed by atoms with Crippen LogP contribution in [0.4, 0.5) is 0 Å². The number of thiophene rings is 1. The van der Waals surface area contributed by atoms with Crippen LogP contribution in [-0.4, -0.2) is 0 Å². The molecule has 0 bridgehead atoms. The van der Waals surface area contributed by atoms with E-state index < -0.39 is 0 Å². The molecule has 20 heavy (non-hydrogen) atoms. The van der Waals surface area contributed by atoms with Gasteiger partial charge in [-0.2, -0.15) is 0 Å². The van der Waals surface area contributed by atoms with E-state index in [9.17, 15) is 0 Å². The summed E-state index contributed by atoms with van der Waals surface area (Å²) >= 11 is 9.39. The molecule has 1 unspecified atom stereocenters. The van der Waals surface area contributed by atoms with Gasteiger partial charge in [0.1, 0.15) is 0 Å². The van der Waals surface area contributed by atoms with Gasteiger partial charge in [0, 0.05) is 14.2 Å². The molecular formula is C17H14Br2S. The number of alkyl halides is 1. The first-order valence-electron chi connectivity index (χ1n) is 6.46. The highest BCUT2D eigenvalue weighted by Gasteiger charge is 2.17. The average Bonchev–Trinajstić information content (AvgIpc) is 2.79. The van der Waals surface area contributed by atoms with E-state index in [-0.39, 0.29) is 4.83 Å². The molecule has 0 N–H and O–H groups in total. The van der Waals surface area contributed by atoms with Crippen molar-refractivity contribution in [2.75, 3.05) is 0 Å². The molecule has 3 rings (SSSR count). The Morgan fingerprint density at radius 1 is 1.00 bits per heavy atom. The zero-order valence-corrected chi connectivity index (χ0v) is 15.3. The van der Waals surface area contributed by atoms with E-state index in [1.54, 1.807) is 0 Å². The van der Waals surface area contributed by atoms with Crippen molar-refractivity contribution in [1.29, 1.82) is 0 Å². The van der Waals surface area contributed by atoms with Crippen molar-refractivity contribution in [3.05, 3.63) is 67.8 Å². The zero-order valence-electron chi connectivity index (χ0n) is 11.3. The smallest absolute Gasteiger partial charge is 0.0744 e. The molecule has 2 aromatic carbocycles. The van der Waals surface area contributed by atoms with Gasteiger partial charge in [-0.1, -0.05) is 62.2 Å². The van der Waals surface area contributed by atoms with Gasteiger partial charge in [-0.25, -0.2) is 0 Å². The maximum Gasteiger partial charge on any atom is 0.0744 e. The van der Waals surface area contributed by atoms with Gasteiger partial charge < -0.3 is 0 Å². The summed E-state index contributed by atoms with van der Waals surface area (Å²) < 4.78 is 1.15. The molecule has 1 heterocycles. The topological polar surface area (TPSA) is 0 Å². The van der Waals surface area contributed by atoms with Crippen LogP contribution < -0.4 is 0 Å². The highest BCUT2D eigenvalue weighted by atomic mass is 79.9. The Balaban J connectivity index is 2.17. The maximum atomic E-state index is 3.88. The molecule has 0 aliphatic heterocycles. The fourth-order valence-corrected chi connectivity index (χ4v) is 4.72. The fraction of sp³-hybridized carbons (Fsp3) is 0.176. The van der Waals surface area contributed by atoms with Crippen molar-refractivity contribution >= 4 is 54.0 Å². The van der Waals surface area contributed by atoms with Crippen molar-refractivity contribution in [3.63, 3.8) is 0 Å². The van der Waals surface area contributed by atoms with Crippen LogP contribution in [0.1, 0.15) is 25.7 Å². The fourth-order valence-electron chi connectivity index (χ4n) is 2.39. The van der Waals surface area contributed by atoms with Gasteiger partial charge in [0.05, 0.1) is 4.83 Å². The monoisotopic (exact) mass is 408 g/mol. The first kappa shape index (κ1) is 14.3. The zero-order chi connectivity index (χ0) is 14.3. The Hall–Kier alpha value is -0.640. The Labute approximate surface area is 140 Å². The van der Waals surface area contributed by atoms with Gasteiger partial charge in [-0.15, -0.1) is 11.3 Å². The summed E-state index contributed by atoms with van der Waals surface area (Å²) in [6.45, 7) is 4.36. The molecule has 1 atom stereocenters. The lowest BCUT2D eigenvalue weighted by Gasteiger charge is -2.13. The van der Waals surface area contributed by atoms with E-state index in [0.29, 0.717) is 0 Å². The van der Waals surface area contributed by atoms with Crippen molar-refractivity contribution < 1.29 is 0 Å². The van der Waals surface area contributed by atoms with Gasteiger partial charge in [0.2, 0.25) is 0 Å². The molecule has 0 spiro atoms. The Bertz CT molecular complexity index is 754. The molecule has 0 saturated carbocycles. The molecule has 0 radical (unpaired) electrons. The minimum absolute atomic E-state index is 0.248. The number of halogens is 2. The summed E-state index contributed by atoms with van der Waals surface area (Å²) in [6, 6.07) is 15.2. The van der Waals surface area contributed by atoms with Gasteiger partial charge in [-0.3, -0.25) is 0 Å². The number of fused-ring (bicyclic) bond motifs is 1. The van der Waals surface area contributed by atoms with Crippen LogP contribution in [0.2, 0.25) is 0 Å². The molecule has 3 aromatic rings. The lowest BCUT2D eigenvalue weighted by atomic mass is 10.0. The van der Waals surface area contributed by atoms with E-state index in [2.05, 4.69) is 88.2 Å². The predicted octanol–water partition coefficient (Wildman–Crippen LogP) is 6.76. The largest absolute Gasteiger partial charge is 0.144 e. The van der Waals surface area contributed by atoms with Crippen molar-refractivity contribution in [2.45, 2.75) is 18.7 Å². The number of hydrogen-bond donors (Lipinski definition) is 0. The molecule has 0 amide bonds. The lowest BCUT2D eigenvalue weighted by molar-refractivity contribution is 1.24. The maximum absolute atomic E-state index is 3.88. The molecule has 102 valence electrons. The summed E-state index contributed by atoms with van der Waals surface area (Å²) in [5, 5.41) is 2.56. The van der Waals surface area contributed by atoms with Crippen LogP contribution in [0.25, 0.3) is 10.8 Å². The average molecular weight is 410 g/mol. The van der Waals surface area contributed by atoms with Crippen LogP contribution in [0.15, 0.2) is 46.9 Å². The van der Waals surface area contributed by atoms with E-state index in [1.165, 1.54) is 31.7 Å². The van der Waals surface area contributed by atoms with E-state index in [4.69, 9.17) is 0 Å². The van der Waals surface area contributed by atoms with Crippen molar-refractivity contribution in [3.8, 4) is 0 Å². The van der Waals surface area contributed by atoms with Crippen LogP contribution >= 0.6 is 43.2 Å². The summed E-state index contributed by atoms with van der Waals surface area (Å²) in [7, 11) is 0. The van der Waals surface area contributed by atoms with Crippen LogP contribution in [0.3, 0.4) is 0 Å². The standard InChI is InChI=1S/C17H14Br2S/c1-10-9-16(20-11(10)2)17(19)14-7-8-15(18)13-6-4-3-5-12(13)14/h3-9,17H,1-2H3. The molecule has 0 saturated heterocycles. The normalized spacial score (nSPS) is 12.8.